The Bertz CT molecular complexity index is 271. The number of carbonyl (C=O) groups is 1. The first kappa shape index (κ1) is 16.4. The maximum absolute atomic E-state index is 12.1. The van der Waals surface area contributed by atoms with Crippen LogP contribution in [0.15, 0.2) is 0 Å². The highest BCUT2D eigenvalue weighted by atomic mass is 16.1. The van der Waals surface area contributed by atoms with E-state index in [9.17, 15) is 4.79 Å². The summed E-state index contributed by atoms with van der Waals surface area (Å²) in [5.74, 6) is 0.967. The van der Waals surface area contributed by atoms with E-state index in [1.165, 1.54) is 0 Å². The van der Waals surface area contributed by atoms with E-state index in [1.807, 2.05) is 0 Å². The minimum Gasteiger partial charge on any atom is -0.355 e. The molecule has 0 spiro atoms. The summed E-state index contributed by atoms with van der Waals surface area (Å²) in [5, 5.41) is 6.42. The van der Waals surface area contributed by atoms with Gasteiger partial charge in [-0.15, -0.1) is 0 Å². The molecule has 1 aliphatic heterocycles. The van der Waals surface area contributed by atoms with Crippen LogP contribution in [0.5, 0.6) is 0 Å². The molecule has 1 heterocycles. The molecule has 4 heteroatoms. The van der Waals surface area contributed by atoms with E-state index in [0.29, 0.717) is 18.0 Å². The number of piperidine rings is 1. The van der Waals surface area contributed by atoms with Gasteiger partial charge in [-0.2, -0.15) is 0 Å². The van der Waals surface area contributed by atoms with Gasteiger partial charge in [0.1, 0.15) is 0 Å². The molecule has 0 radical (unpaired) electrons. The van der Waals surface area contributed by atoms with Crippen LogP contribution in [0, 0.1) is 11.8 Å². The Hall–Kier alpha value is -0.610. The molecule has 1 rings (SSSR count). The molecule has 1 fully saturated rings. The standard InChI is InChI=1S/C15H31N3O/c1-11(2)18(12(3)4)7-6-17-15(19)14-8-13(5)9-16-10-14/h11-14,16H,6-10H2,1-5H3,(H,17,19). The van der Waals surface area contributed by atoms with Crippen LogP contribution >= 0.6 is 0 Å². The van der Waals surface area contributed by atoms with E-state index in [1.54, 1.807) is 0 Å². The molecule has 0 aromatic heterocycles. The van der Waals surface area contributed by atoms with Crippen molar-refractivity contribution in [3.63, 3.8) is 0 Å². The van der Waals surface area contributed by atoms with Crippen molar-refractivity contribution in [2.24, 2.45) is 11.8 Å². The molecule has 0 aliphatic carbocycles. The SMILES string of the molecule is CC1CNCC(C(=O)NCCN(C(C)C)C(C)C)C1. The molecule has 2 unspecified atom stereocenters. The van der Waals surface area contributed by atoms with Gasteiger partial charge in [-0.1, -0.05) is 6.92 Å². The zero-order valence-corrected chi connectivity index (χ0v) is 13.2. The van der Waals surface area contributed by atoms with Gasteiger partial charge in [0, 0.05) is 31.7 Å². The molecule has 2 N–H and O–H groups in total. The summed E-state index contributed by atoms with van der Waals surface area (Å²) < 4.78 is 0. The van der Waals surface area contributed by atoms with Gasteiger partial charge in [0.15, 0.2) is 0 Å². The lowest BCUT2D eigenvalue weighted by Crippen LogP contribution is -2.46. The monoisotopic (exact) mass is 269 g/mol. The smallest absolute Gasteiger partial charge is 0.224 e. The zero-order chi connectivity index (χ0) is 14.4. The predicted octanol–water partition coefficient (Wildman–Crippen LogP) is 1.47. The molecule has 0 aromatic rings. The van der Waals surface area contributed by atoms with Crippen molar-refractivity contribution in [3.8, 4) is 0 Å². The first-order valence-electron chi connectivity index (χ1n) is 7.66. The summed E-state index contributed by atoms with van der Waals surface area (Å²) in [6.45, 7) is 14.6. The lowest BCUT2D eigenvalue weighted by atomic mass is 9.91. The first-order valence-corrected chi connectivity index (χ1v) is 7.66. The summed E-state index contributed by atoms with van der Waals surface area (Å²) in [7, 11) is 0. The molecule has 0 saturated carbocycles. The summed E-state index contributed by atoms with van der Waals surface area (Å²) in [4.78, 5) is 14.5. The van der Waals surface area contributed by atoms with Crippen LogP contribution < -0.4 is 10.6 Å². The Morgan fingerprint density at radius 3 is 2.42 bits per heavy atom. The molecule has 1 amide bonds. The second-order valence-electron chi connectivity index (χ2n) is 6.41. The van der Waals surface area contributed by atoms with Crippen LogP contribution in [0.1, 0.15) is 41.0 Å². The van der Waals surface area contributed by atoms with Crippen molar-refractivity contribution in [2.45, 2.75) is 53.1 Å². The van der Waals surface area contributed by atoms with Gasteiger partial charge in [-0.25, -0.2) is 0 Å². The fourth-order valence-corrected chi connectivity index (χ4v) is 2.92. The molecule has 2 atom stereocenters. The van der Waals surface area contributed by atoms with Crippen LogP contribution in [0.4, 0.5) is 0 Å². The van der Waals surface area contributed by atoms with Crippen LogP contribution in [-0.4, -0.2) is 49.1 Å². The van der Waals surface area contributed by atoms with E-state index in [4.69, 9.17) is 0 Å². The summed E-state index contributed by atoms with van der Waals surface area (Å²) in [5.41, 5.74) is 0. The van der Waals surface area contributed by atoms with Crippen LogP contribution in [-0.2, 0) is 4.79 Å². The van der Waals surface area contributed by atoms with E-state index in [2.05, 4.69) is 50.2 Å². The lowest BCUT2D eigenvalue weighted by Gasteiger charge is -2.31. The molecule has 112 valence electrons. The Morgan fingerprint density at radius 1 is 1.26 bits per heavy atom. The van der Waals surface area contributed by atoms with E-state index >= 15 is 0 Å². The zero-order valence-electron chi connectivity index (χ0n) is 13.2. The molecular formula is C15H31N3O. The van der Waals surface area contributed by atoms with Gasteiger partial charge in [0.05, 0.1) is 5.92 Å². The Labute approximate surface area is 118 Å². The van der Waals surface area contributed by atoms with Crippen molar-refractivity contribution in [1.29, 1.82) is 0 Å². The average Bonchev–Trinajstić information content (AvgIpc) is 2.33. The summed E-state index contributed by atoms with van der Waals surface area (Å²) in [6, 6.07) is 1.04. The normalized spacial score (nSPS) is 24.2. The van der Waals surface area contributed by atoms with Gasteiger partial charge in [-0.3, -0.25) is 9.69 Å². The number of rotatable bonds is 6. The maximum atomic E-state index is 12.1. The number of nitrogens with one attached hydrogen (secondary N) is 2. The molecule has 19 heavy (non-hydrogen) atoms. The van der Waals surface area contributed by atoms with Crippen molar-refractivity contribution < 1.29 is 4.79 Å². The van der Waals surface area contributed by atoms with E-state index in [0.717, 1.165) is 32.6 Å². The maximum Gasteiger partial charge on any atom is 0.224 e. The number of hydrogen-bond acceptors (Lipinski definition) is 3. The van der Waals surface area contributed by atoms with Crippen molar-refractivity contribution >= 4 is 5.91 Å². The Morgan fingerprint density at radius 2 is 1.89 bits per heavy atom. The van der Waals surface area contributed by atoms with Gasteiger partial charge in [0.25, 0.3) is 0 Å². The minimum absolute atomic E-state index is 0.148. The van der Waals surface area contributed by atoms with E-state index < -0.39 is 0 Å². The second-order valence-corrected chi connectivity index (χ2v) is 6.41. The lowest BCUT2D eigenvalue weighted by molar-refractivity contribution is -0.126. The highest BCUT2D eigenvalue weighted by Crippen LogP contribution is 2.15. The number of carbonyl (C=O) groups excluding carboxylic acids is 1. The second kappa shape index (κ2) is 7.85. The molecule has 1 saturated heterocycles. The Kier molecular flexibility index (Phi) is 6.80. The average molecular weight is 269 g/mol. The van der Waals surface area contributed by atoms with Crippen LogP contribution in [0.3, 0.4) is 0 Å². The quantitative estimate of drug-likeness (QED) is 0.767. The minimum atomic E-state index is 0.148. The number of nitrogens with zero attached hydrogens (tertiary/aromatic N) is 1. The van der Waals surface area contributed by atoms with Crippen molar-refractivity contribution in [1.82, 2.24) is 15.5 Å². The number of amides is 1. The number of hydrogen-bond donors (Lipinski definition) is 2. The van der Waals surface area contributed by atoms with Crippen LogP contribution in [0.25, 0.3) is 0 Å². The summed E-state index contributed by atoms with van der Waals surface area (Å²) >= 11 is 0. The van der Waals surface area contributed by atoms with Crippen molar-refractivity contribution in [2.75, 3.05) is 26.2 Å². The fraction of sp³-hybridized carbons (Fsp3) is 0.933. The third kappa shape index (κ3) is 5.49. The third-order valence-electron chi connectivity index (χ3n) is 3.94. The predicted molar refractivity (Wildman–Crippen MR) is 80.1 cm³/mol. The molecule has 0 aromatic carbocycles. The van der Waals surface area contributed by atoms with Crippen LogP contribution in [0.2, 0.25) is 0 Å². The van der Waals surface area contributed by atoms with Gasteiger partial charge < -0.3 is 10.6 Å². The fourth-order valence-electron chi connectivity index (χ4n) is 2.92. The summed E-state index contributed by atoms with van der Waals surface area (Å²) in [6.07, 6.45) is 1.01. The topological polar surface area (TPSA) is 44.4 Å². The Balaban J connectivity index is 2.29. The molecular weight excluding hydrogens is 238 g/mol. The van der Waals surface area contributed by atoms with Gasteiger partial charge >= 0.3 is 0 Å². The first-order chi connectivity index (χ1) is 8.91. The van der Waals surface area contributed by atoms with Gasteiger partial charge in [-0.05, 0) is 46.6 Å². The molecule has 1 aliphatic rings. The highest BCUT2D eigenvalue weighted by Gasteiger charge is 2.24. The highest BCUT2D eigenvalue weighted by molar-refractivity contribution is 5.79. The van der Waals surface area contributed by atoms with Crippen molar-refractivity contribution in [3.05, 3.63) is 0 Å². The van der Waals surface area contributed by atoms with Gasteiger partial charge in [0.2, 0.25) is 5.91 Å². The molecule has 0 bridgehead atoms. The third-order valence-corrected chi connectivity index (χ3v) is 3.94. The van der Waals surface area contributed by atoms with E-state index in [-0.39, 0.29) is 11.8 Å². The molecule has 4 nitrogen and oxygen atoms in total. The largest absolute Gasteiger partial charge is 0.355 e.